The van der Waals surface area contributed by atoms with Gasteiger partial charge < -0.3 is 19.5 Å². The van der Waals surface area contributed by atoms with Crippen LogP contribution in [0.1, 0.15) is 13.3 Å². The Balaban J connectivity index is 1.55. The molecule has 3 atom stereocenters. The first-order valence-electron chi connectivity index (χ1n) is 9.08. The Morgan fingerprint density at radius 2 is 2.11 bits per heavy atom. The van der Waals surface area contributed by atoms with Crippen LogP contribution in [0.3, 0.4) is 0 Å². The first-order valence-corrected chi connectivity index (χ1v) is 9.08. The minimum Gasteiger partial charge on any atom is -0.481 e. The molecule has 8 nitrogen and oxygen atoms in total. The molecule has 1 aromatic rings. The van der Waals surface area contributed by atoms with Gasteiger partial charge in [0.1, 0.15) is 12.3 Å². The summed E-state index contributed by atoms with van der Waals surface area (Å²) in [5.41, 5.74) is -0.393. The topological polar surface area (TPSA) is 96.4 Å². The van der Waals surface area contributed by atoms with Crippen LogP contribution in [0.5, 0.6) is 5.75 Å². The molecule has 0 saturated carbocycles. The number of nitrogens with zero attached hydrogens (tertiary/aromatic N) is 2. The standard InChI is InChI=1S/C19H22N2O6/c1-12-17(23)21(14-4-2-3-5-15(14)27-12)9-16(22)20-8-13-10-26-7-6-19(13,11-20)18(24)25/h2-5,12-13H,6-11H2,1H3,(H,24,25)/t12?,13-,19+/m0/s1. The van der Waals surface area contributed by atoms with Crippen molar-refractivity contribution in [2.45, 2.75) is 19.4 Å². The van der Waals surface area contributed by atoms with Crippen LogP contribution in [0.2, 0.25) is 0 Å². The van der Waals surface area contributed by atoms with Gasteiger partial charge in [-0.3, -0.25) is 19.3 Å². The third-order valence-corrected chi connectivity index (χ3v) is 5.85. The highest BCUT2D eigenvalue weighted by Gasteiger charge is 2.55. The number of fused-ring (bicyclic) bond motifs is 2. The van der Waals surface area contributed by atoms with Gasteiger partial charge in [-0.2, -0.15) is 0 Å². The van der Waals surface area contributed by atoms with Crippen molar-refractivity contribution >= 4 is 23.5 Å². The molecule has 2 saturated heterocycles. The van der Waals surface area contributed by atoms with Gasteiger partial charge in [0.2, 0.25) is 5.91 Å². The number of anilines is 1. The van der Waals surface area contributed by atoms with Gasteiger partial charge in [-0.1, -0.05) is 12.1 Å². The van der Waals surface area contributed by atoms with Gasteiger partial charge in [0.25, 0.3) is 5.91 Å². The fraction of sp³-hybridized carbons (Fsp3) is 0.526. The SMILES string of the molecule is CC1Oc2ccccc2N(CC(=O)N2C[C@H]3COCC[C@@]3(C(=O)O)C2)C1=O. The lowest BCUT2D eigenvalue weighted by atomic mass is 9.74. The van der Waals surface area contributed by atoms with Crippen molar-refractivity contribution in [3.05, 3.63) is 24.3 Å². The smallest absolute Gasteiger partial charge is 0.311 e. The molecule has 1 unspecified atom stereocenters. The van der Waals surface area contributed by atoms with Crippen molar-refractivity contribution in [2.24, 2.45) is 11.3 Å². The molecule has 27 heavy (non-hydrogen) atoms. The average molecular weight is 374 g/mol. The molecule has 0 radical (unpaired) electrons. The number of hydrogen-bond donors (Lipinski definition) is 1. The molecule has 2 amide bonds. The largest absolute Gasteiger partial charge is 0.481 e. The second-order valence-corrected chi connectivity index (χ2v) is 7.41. The predicted octanol–water partition coefficient (Wildman–Crippen LogP) is 0.750. The molecule has 3 aliphatic rings. The number of carbonyl (C=O) groups is 3. The molecule has 2 fully saturated rings. The molecule has 144 valence electrons. The Hall–Kier alpha value is -2.61. The van der Waals surface area contributed by atoms with E-state index in [0.717, 1.165) is 0 Å². The molecule has 0 aliphatic carbocycles. The summed E-state index contributed by atoms with van der Waals surface area (Å²) in [6, 6.07) is 7.09. The quantitative estimate of drug-likeness (QED) is 0.839. The highest BCUT2D eigenvalue weighted by Crippen LogP contribution is 2.42. The predicted molar refractivity (Wildman–Crippen MR) is 94.5 cm³/mol. The van der Waals surface area contributed by atoms with Crippen molar-refractivity contribution in [3.63, 3.8) is 0 Å². The first kappa shape index (κ1) is 17.8. The van der Waals surface area contributed by atoms with Crippen molar-refractivity contribution in [3.8, 4) is 5.75 Å². The summed E-state index contributed by atoms with van der Waals surface area (Å²) >= 11 is 0. The van der Waals surface area contributed by atoms with Crippen LogP contribution < -0.4 is 9.64 Å². The van der Waals surface area contributed by atoms with Gasteiger partial charge >= 0.3 is 5.97 Å². The minimum atomic E-state index is -0.950. The van der Waals surface area contributed by atoms with Crippen LogP contribution in [-0.4, -0.2) is 66.7 Å². The molecule has 0 bridgehead atoms. The number of aliphatic carboxylic acids is 1. The third kappa shape index (κ3) is 2.84. The van der Waals surface area contributed by atoms with Crippen LogP contribution in [-0.2, 0) is 19.1 Å². The maximum atomic E-state index is 12.9. The van der Waals surface area contributed by atoms with E-state index in [2.05, 4.69) is 0 Å². The number of likely N-dealkylation sites (tertiary alicyclic amines) is 1. The van der Waals surface area contributed by atoms with E-state index >= 15 is 0 Å². The van der Waals surface area contributed by atoms with Gasteiger partial charge in [-0.05, 0) is 25.5 Å². The second-order valence-electron chi connectivity index (χ2n) is 7.41. The van der Waals surface area contributed by atoms with E-state index in [4.69, 9.17) is 9.47 Å². The minimum absolute atomic E-state index is 0.132. The number of para-hydroxylation sites is 2. The monoisotopic (exact) mass is 374 g/mol. The molecule has 1 N–H and O–H groups in total. The Labute approximate surface area is 156 Å². The number of carboxylic acids is 1. The summed E-state index contributed by atoms with van der Waals surface area (Å²) in [5, 5.41) is 9.75. The van der Waals surface area contributed by atoms with Gasteiger partial charge in [0, 0.05) is 25.6 Å². The van der Waals surface area contributed by atoms with Crippen molar-refractivity contribution in [1.29, 1.82) is 0 Å². The molecule has 1 aromatic carbocycles. The van der Waals surface area contributed by atoms with E-state index < -0.39 is 17.5 Å². The maximum absolute atomic E-state index is 12.9. The highest BCUT2D eigenvalue weighted by atomic mass is 16.5. The van der Waals surface area contributed by atoms with Crippen molar-refractivity contribution < 1.29 is 29.0 Å². The molecule has 8 heteroatoms. The zero-order valence-electron chi connectivity index (χ0n) is 15.1. The van der Waals surface area contributed by atoms with E-state index in [0.29, 0.717) is 37.6 Å². The van der Waals surface area contributed by atoms with Crippen LogP contribution in [0.25, 0.3) is 0 Å². The zero-order chi connectivity index (χ0) is 19.2. The third-order valence-electron chi connectivity index (χ3n) is 5.85. The second kappa shape index (κ2) is 6.53. The van der Waals surface area contributed by atoms with Crippen LogP contribution in [0, 0.1) is 11.3 Å². The summed E-state index contributed by atoms with van der Waals surface area (Å²) in [6.45, 7) is 2.74. The molecule has 0 aromatic heterocycles. The molecular formula is C19H22N2O6. The van der Waals surface area contributed by atoms with Gasteiger partial charge in [0.15, 0.2) is 6.10 Å². The summed E-state index contributed by atoms with van der Waals surface area (Å²) in [5.74, 6) is -1.09. The van der Waals surface area contributed by atoms with Crippen molar-refractivity contribution in [1.82, 2.24) is 4.90 Å². The number of amides is 2. The van der Waals surface area contributed by atoms with Gasteiger partial charge in [-0.15, -0.1) is 0 Å². The summed E-state index contributed by atoms with van der Waals surface area (Å²) < 4.78 is 11.0. The van der Waals surface area contributed by atoms with Crippen molar-refractivity contribution in [2.75, 3.05) is 37.7 Å². The summed E-state index contributed by atoms with van der Waals surface area (Å²) in [6.07, 6.45) is -0.278. The van der Waals surface area contributed by atoms with Crippen LogP contribution in [0.15, 0.2) is 24.3 Å². The van der Waals surface area contributed by atoms with Crippen LogP contribution >= 0.6 is 0 Å². The molecule has 0 spiro atoms. The van der Waals surface area contributed by atoms with E-state index in [1.54, 1.807) is 30.0 Å². The van der Waals surface area contributed by atoms with Gasteiger partial charge in [0.05, 0.1) is 17.7 Å². The molecular weight excluding hydrogens is 352 g/mol. The molecule has 4 rings (SSSR count). The van der Waals surface area contributed by atoms with E-state index in [1.165, 1.54) is 4.90 Å². The number of hydrogen-bond acceptors (Lipinski definition) is 5. The Morgan fingerprint density at radius 3 is 2.85 bits per heavy atom. The van der Waals surface area contributed by atoms with Gasteiger partial charge in [-0.25, -0.2) is 0 Å². The number of ether oxygens (including phenoxy) is 2. The Kier molecular flexibility index (Phi) is 4.30. The normalized spacial score (nSPS) is 29.7. The first-order chi connectivity index (χ1) is 12.9. The highest BCUT2D eigenvalue weighted by molar-refractivity contribution is 6.03. The fourth-order valence-corrected chi connectivity index (χ4v) is 4.25. The summed E-state index contributed by atoms with van der Waals surface area (Å²) in [7, 11) is 0. The average Bonchev–Trinajstić information content (AvgIpc) is 3.06. The van der Waals surface area contributed by atoms with E-state index in [-0.39, 0.29) is 30.8 Å². The Morgan fingerprint density at radius 1 is 1.33 bits per heavy atom. The Bertz CT molecular complexity index is 796. The number of carbonyl (C=O) groups excluding carboxylic acids is 2. The lowest BCUT2D eigenvalue weighted by Crippen LogP contribution is -2.49. The molecule has 3 aliphatic heterocycles. The van der Waals surface area contributed by atoms with E-state index in [9.17, 15) is 19.5 Å². The zero-order valence-corrected chi connectivity index (χ0v) is 15.1. The van der Waals surface area contributed by atoms with E-state index in [1.807, 2.05) is 6.07 Å². The lowest BCUT2D eigenvalue weighted by molar-refractivity contribution is -0.157. The summed E-state index contributed by atoms with van der Waals surface area (Å²) in [4.78, 5) is 40.4. The van der Waals surface area contributed by atoms with Crippen LogP contribution in [0.4, 0.5) is 5.69 Å². The number of benzene rings is 1. The number of carboxylic acid groups (broad SMARTS) is 1. The fourth-order valence-electron chi connectivity index (χ4n) is 4.25. The maximum Gasteiger partial charge on any atom is 0.311 e. The molecule has 3 heterocycles. The number of rotatable bonds is 3. The lowest BCUT2D eigenvalue weighted by Gasteiger charge is -2.34.